The number of hydrogen-bond donors (Lipinski definition) is 3. The number of ether oxygens (including phenoxy) is 1. The predicted molar refractivity (Wildman–Crippen MR) is 72.4 cm³/mol. The van der Waals surface area contributed by atoms with Crippen molar-refractivity contribution in [1.82, 2.24) is 0 Å². The highest BCUT2D eigenvalue weighted by atomic mass is 16.6. The smallest absolute Gasteiger partial charge is 0.311 e. The van der Waals surface area contributed by atoms with E-state index < -0.39 is 17.1 Å². The molecule has 0 saturated heterocycles. The van der Waals surface area contributed by atoms with Crippen molar-refractivity contribution in [3.63, 3.8) is 0 Å². The summed E-state index contributed by atoms with van der Waals surface area (Å²) in [7, 11) is 0. The Hall–Kier alpha value is -1.86. The molecule has 0 aliphatic rings. The summed E-state index contributed by atoms with van der Waals surface area (Å²) in [5.74, 6) is 0.211. The molecule has 1 rings (SSSR count). The Labute approximate surface area is 111 Å². The van der Waals surface area contributed by atoms with Crippen molar-refractivity contribution in [2.45, 2.75) is 26.0 Å². The molecule has 7 nitrogen and oxygen atoms in total. The fourth-order valence-electron chi connectivity index (χ4n) is 1.45. The van der Waals surface area contributed by atoms with Crippen molar-refractivity contribution in [3.05, 3.63) is 28.3 Å². The standard InChI is InChI=1S/C12H19N3O4/c1-3-19-12-6-9(4-5-11(12)15(17)18)14-7-10(13)8(2)16/h4-6,8,10,14,16H,3,7,13H2,1-2H3. The third kappa shape index (κ3) is 4.38. The molecule has 0 aliphatic heterocycles. The number of anilines is 1. The van der Waals surface area contributed by atoms with Crippen LogP contribution in [0.3, 0.4) is 0 Å². The van der Waals surface area contributed by atoms with Gasteiger partial charge in [0.15, 0.2) is 5.75 Å². The van der Waals surface area contributed by atoms with Crippen molar-refractivity contribution in [1.29, 1.82) is 0 Å². The molecule has 0 fully saturated rings. The van der Waals surface area contributed by atoms with Gasteiger partial charge in [0.25, 0.3) is 0 Å². The van der Waals surface area contributed by atoms with Crippen molar-refractivity contribution >= 4 is 11.4 Å². The highest BCUT2D eigenvalue weighted by Gasteiger charge is 2.16. The third-order valence-corrected chi connectivity index (χ3v) is 2.62. The highest BCUT2D eigenvalue weighted by molar-refractivity contribution is 5.58. The first kappa shape index (κ1) is 15.2. The first-order chi connectivity index (χ1) is 8.95. The predicted octanol–water partition coefficient (Wildman–Crippen LogP) is 1.11. The third-order valence-electron chi connectivity index (χ3n) is 2.62. The molecule has 106 valence electrons. The molecule has 0 aromatic heterocycles. The Balaban J connectivity index is 2.80. The van der Waals surface area contributed by atoms with Crippen molar-refractivity contribution in [2.75, 3.05) is 18.5 Å². The van der Waals surface area contributed by atoms with Gasteiger partial charge in [0.1, 0.15) is 0 Å². The van der Waals surface area contributed by atoms with Gasteiger partial charge in [-0.05, 0) is 19.9 Å². The van der Waals surface area contributed by atoms with Crippen LogP contribution in [0.15, 0.2) is 18.2 Å². The molecule has 0 aliphatic carbocycles. The Bertz CT molecular complexity index is 437. The van der Waals surface area contributed by atoms with E-state index in [1.807, 2.05) is 0 Å². The SMILES string of the molecule is CCOc1cc(NCC(N)C(C)O)ccc1[N+](=O)[O-]. The van der Waals surface area contributed by atoms with Gasteiger partial charge >= 0.3 is 5.69 Å². The van der Waals surface area contributed by atoms with Crippen molar-refractivity contribution in [3.8, 4) is 5.75 Å². The van der Waals surface area contributed by atoms with E-state index >= 15 is 0 Å². The second-order valence-electron chi connectivity index (χ2n) is 4.16. The zero-order valence-electron chi connectivity index (χ0n) is 11.0. The van der Waals surface area contributed by atoms with Gasteiger partial charge in [-0.1, -0.05) is 0 Å². The quantitative estimate of drug-likeness (QED) is 0.505. The molecule has 2 atom stereocenters. The van der Waals surface area contributed by atoms with Gasteiger partial charge in [0, 0.05) is 30.4 Å². The average Bonchev–Trinajstić information content (AvgIpc) is 2.36. The topological polar surface area (TPSA) is 111 Å². The number of nitro benzene ring substituents is 1. The minimum Gasteiger partial charge on any atom is -0.487 e. The summed E-state index contributed by atoms with van der Waals surface area (Å²) in [6.07, 6.45) is -0.628. The second-order valence-corrected chi connectivity index (χ2v) is 4.16. The lowest BCUT2D eigenvalue weighted by atomic mass is 10.2. The van der Waals surface area contributed by atoms with Crippen LogP contribution in [-0.4, -0.2) is 35.3 Å². The van der Waals surface area contributed by atoms with Gasteiger partial charge in [-0.15, -0.1) is 0 Å². The van der Waals surface area contributed by atoms with Crippen LogP contribution >= 0.6 is 0 Å². The lowest BCUT2D eigenvalue weighted by Crippen LogP contribution is -2.38. The first-order valence-electron chi connectivity index (χ1n) is 6.04. The Morgan fingerprint density at radius 2 is 2.26 bits per heavy atom. The Morgan fingerprint density at radius 1 is 1.58 bits per heavy atom. The molecule has 0 amide bonds. The highest BCUT2D eigenvalue weighted by Crippen LogP contribution is 2.30. The van der Waals surface area contributed by atoms with Crippen molar-refractivity contribution in [2.24, 2.45) is 5.73 Å². The number of benzene rings is 1. The number of nitrogens with two attached hydrogens (primary N) is 1. The second kappa shape index (κ2) is 6.91. The van der Waals surface area contributed by atoms with E-state index in [-0.39, 0.29) is 11.4 Å². The van der Waals surface area contributed by atoms with E-state index in [0.29, 0.717) is 18.8 Å². The number of aliphatic hydroxyl groups is 1. The van der Waals surface area contributed by atoms with Gasteiger partial charge in [0.2, 0.25) is 0 Å². The Morgan fingerprint density at radius 3 is 2.79 bits per heavy atom. The Kier molecular flexibility index (Phi) is 5.53. The molecule has 4 N–H and O–H groups in total. The number of nitrogens with zero attached hydrogens (tertiary/aromatic N) is 1. The van der Waals surface area contributed by atoms with Gasteiger partial charge in [-0.2, -0.15) is 0 Å². The molecule has 0 saturated carbocycles. The van der Waals surface area contributed by atoms with Crippen LogP contribution in [0.2, 0.25) is 0 Å². The number of rotatable bonds is 7. The fraction of sp³-hybridized carbons (Fsp3) is 0.500. The van der Waals surface area contributed by atoms with Crippen LogP contribution in [0.1, 0.15) is 13.8 Å². The number of nitrogens with one attached hydrogen (secondary N) is 1. The summed E-state index contributed by atoms with van der Waals surface area (Å²) in [4.78, 5) is 10.3. The zero-order valence-corrected chi connectivity index (χ0v) is 11.0. The van der Waals surface area contributed by atoms with E-state index in [2.05, 4.69) is 5.32 Å². The lowest BCUT2D eigenvalue weighted by Gasteiger charge is -2.16. The lowest BCUT2D eigenvalue weighted by molar-refractivity contribution is -0.385. The van der Waals surface area contributed by atoms with Gasteiger partial charge in [-0.25, -0.2) is 0 Å². The summed E-state index contributed by atoms with van der Waals surface area (Å²) < 4.78 is 5.23. The van der Waals surface area contributed by atoms with Crippen LogP contribution in [0.5, 0.6) is 5.75 Å². The molecule has 1 aromatic rings. The molecule has 0 bridgehead atoms. The maximum atomic E-state index is 10.8. The van der Waals surface area contributed by atoms with E-state index in [0.717, 1.165) is 0 Å². The molecule has 7 heteroatoms. The monoisotopic (exact) mass is 269 g/mol. The van der Waals surface area contributed by atoms with E-state index in [4.69, 9.17) is 10.5 Å². The first-order valence-corrected chi connectivity index (χ1v) is 6.04. The minimum atomic E-state index is -0.628. The van der Waals surface area contributed by atoms with Gasteiger partial charge in [0.05, 0.1) is 17.6 Å². The summed E-state index contributed by atoms with van der Waals surface area (Å²) in [6, 6.07) is 4.10. The van der Waals surface area contributed by atoms with Crippen molar-refractivity contribution < 1.29 is 14.8 Å². The largest absolute Gasteiger partial charge is 0.487 e. The molecule has 1 aromatic carbocycles. The molecular formula is C12H19N3O4. The van der Waals surface area contributed by atoms with E-state index in [9.17, 15) is 15.2 Å². The summed E-state index contributed by atoms with van der Waals surface area (Å²) in [6.45, 7) is 4.07. The molecular weight excluding hydrogens is 250 g/mol. The number of hydrogen-bond acceptors (Lipinski definition) is 6. The molecule has 19 heavy (non-hydrogen) atoms. The molecule has 2 unspecified atom stereocenters. The van der Waals surface area contributed by atoms with E-state index in [1.54, 1.807) is 26.0 Å². The summed E-state index contributed by atoms with van der Waals surface area (Å²) in [5.41, 5.74) is 6.27. The van der Waals surface area contributed by atoms with Crippen LogP contribution in [0.25, 0.3) is 0 Å². The maximum absolute atomic E-state index is 10.8. The molecule has 0 heterocycles. The average molecular weight is 269 g/mol. The zero-order chi connectivity index (χ0) is 14.4. The van der Waals surface area contributed by atoms with Crippen LogP contribution in [0.4, 0.5) is 11.4 Å². The maximum Gasteiger partial charge on any atom is 0.311 e. The van der Waals surface area contributed by atoms with E-state index in [1.165, 1.54) is 6.07 Å². The minimum absolute atomic E-state index is 0.0766. The van der Waals surface area contributed by atoms with Crippen LogP contribution < -0.4 is 15.8 Å². The molecule has 0 radical (unpaired) electrons. The normalized spacial score (nSPS) is 13.7. The van der Waals surface area contributed by atoms with Gasteiger partial charge in [-0.3, -0.25) is 10.1 Å². The van der Waals surface area contributed by atoms with Crippen LogP contribution in [0, 0.1) is 10.1 Å². The van der Waals surface area contributed by atoms with Crippen LogP contribution in [-0.2, 0) is 0 Å². The number of aliphatic hydroxyl groups excluding tert-OH is 1. The molecule has 0 spiro atoms. The van der Waals surface area contributed by atoms with Gasteiger partial charge < -0.3 is 20.9 Å². The summed E-state index contributed by atoms with van der Waals surface area (Å²) >= 11 is 0. The fourth-order valence-corrected chi connectivity index (χ4v) is 1.45. The summed E-state index contributed by atoms with van der Waals surface area (Å²) in [5, 5.41) is 23.1. The number of nitro groups is 1.